The summed E-state index contributed by atoms with van der Waals surface area (Å²) in [4.78, 5) is 24.4. The lowest BCUT2D eigenvalue weighted by molar-refractivity contribution is -0.143. The second-order valence-corrected chi connectivity index (χ2v) is 20.0. The second-order valence-electron chi connectivity index (χ2n) is 20.0. The van der Waals surface area contributed by atoms with Crippen LogP contribution in [0.1, 0.15) is 309 Å². The molecule has 66 heavy (non-hydrogen) atoms. The summed E-state index contributed by atoms with van der Waals surface area (Å²) < 4.78 is 5.49. The minimum atomic E-state index is -0.849. The van der Waals surface area contributed by atoms with Crippen molar-refractivity contribution >= 4 is 11.9 Å². The summed E-state index contributed by atoms with van der Waals surface area (Å²) in [5, 5.41) is 22.9. The number of nitrogens with one attached hydrogen (secondary N) is 1. The number of hydrogen-bond acceptors (Lipinski definition) is 5. The van der Waals surface area contributed by atoms with Gasteiger partial charge in [0.1, 0.15) is 0 Å². The highest BCUT2D eigenvalue weighted by Gasteiger charge is 2.18. The third kappa shape index (κ3) is 51.5. The third-order valence-corrected chi connectivity index (χ3v) is 13.4. The molecule has 0 aromatic rings. The maximum absolute atomic E-state index is 12.4. The molecule has 0 radical (unpaired) electrons. The lowest BCUT2D eigenvalue weighted by Gasteiger charge is -2.20. The molecule has 6 heteroatoms. The molecule has 388 valence electrons. The number of aliphatic hydroxyl groups is 2. The van der Waals surface area contributed by atoms with E-state index in [4.69, 9.17) is 4.74 Å². The predicted molar refractivity (Wildman–Crippen MR) is 287 cm³/mol. The first-order chi connectivity index (χ1) is 32.5. The van der Waals surface area contributed by atoms with Crippen LogP contribution in [0.5, 0.6) is 0 Å². The van der Waals surface area contributed by atoms with Gasteiger partial charge < -0.3 is 20.3 Å². The van der Waals surface area contributed by atoms with Crippen LogP contribution in [0.15, 0.2) is 36.5 Å². The summed E-state index contributed by atoms with van der Waals surface area (Å²) in [6, 6.07) is -0.633. The van der Waals surface area contributed by atoms with E-state index in [9.17, 15) is 19.8 Å². The van der Waals surface area contributed by atoms with Gasteiger partial charge in [0.15, 0.2) is 0 Å². The maximum atomic E-state index is 12.4. The van der Waals surface area contributed by atoms with E-state index in [1.165, 1.54) is 225 Å². The smallest absolute Gasteiger partial charge is 0.305 e. The van der Waals surface area contributed by atoms with Crippen LogP contribution in [0, 0.1) is 0 Å². The molecule has 0 aliphatic heterocycles. The number of amides is 1. The predicted octanol–water partition coefficient (Wildman–Crippen LogP) is 18.0. The van der Waals surface area contributed by atoms with E-state index in [1.54, 1.807) is 6.08 Å². The van der Waals surface area contributed by atoms with E-state index in [0.29, 0.717) is 19.4 Å². The molecule has 0 aliphatic carbocycles. The molecule has 0 aliphatic rings. The molecule has 0 saturated heterocycles. The number of carbonyl (C=O) groups excluding carboxylic acids is 2. The Kier molecular flexibility index (Phi) is 54.1. The average molecular weight is 929 g/mol. The van der Waals surface area contributed by atoms with Crippen LogP contribution in [0.25, 0.3) is 0 Å². The molecule has 0 aromatic heterocycles. The van der Waals surface area contributed by atoms with E-state index in [1.807, 2.05) is 6.08 Å². The minimum Gasteiger partial charge on any atom is -0.466 e. The number of aliphatic hydroxyl groups excluding tert-OH is 2. The van der Waals surface area contributed by atoms with Gasteiger partial charge in [-0.25, -0.2) is 0 Å². The number of carbonyl (C=O) groups is 2. The molecule has 0 saturated carbocycles. The van der Waals surface area contributed by atoms with Crippen molar-refractivity contribution in [2.75, 3.05) is 13.2 Å². The van der Waals surface area contributed by atoms with Crippen molar-refractivity contribution in [1.82, 2.24) is 5.32 Å². The molecular formula is C60H113NO5. The Hall–Kier alpha value is -1.92. The fraction of sp³-hybridized carbons (Fsp3) is 0.867. The summed E-state index contributed by atoms with van der Waals surface area (Å²) in [7, 11) is 0. The third-order valence-electron chi connectivity index (χ3n) is 13.4. The van der Waals surface area contributed by atoms with Gasteiger partial charge in [-0.3, -0.25) is 9.59 Å². The van der Waals surface area contributed by atoms with Gasteiger partial charge in [0.05, 0.1) is 25.4 Å². The first-order valence-corrected chi connectivity index (χ1v) is 29.3. The number of ether oxygens (including phenoxy) is 1. The zero-order valence-electron chi connectivity index (χ0n) is 44.2. The van der Waals surface area contributed by atoms with Crippen LogP contribution in [0.2, 0.25) is 0 Å². The molecule has 0 bridgehead atoms. The Morgan fingerprint density at radius 1 is 0.424 bits per heavy atom. The van der Waals surface area contributed by atoms with Gasteiger partial charge in [0.2, 0.25) is 5.91 Å². The van der Waals surface area contributed by atoms with Gasteiger partial charge >= 0.3 is 5.97 Å². The normalized spacial score (nSPS) is 12.8. The van der Waals surface area contributed by atoms with Crippen molar-refractivity contribution in [3.8, 4) is 0 Å². The van der Waals surface area contributed by atoms with Gasteiger partial charge in [0, 0.05) is 12.8 Å². The van der Waals surface area contributed by atoms with Crippen molar-refractivity contribution in [3.05, 3.63) is 36.5 Å². The number of esters is 1. The zero-order valence-corrected chi connectivity index (χ0v) is 44.2. The molecule has 1 amide bonds. The van der Waals surface area contributed by atoms with Crippen LogP contribution in [-0.2, 0) is 14.3 Å². The largest absolute Gasteiger partial charge is 0.466 e. The minimum absolute atomic E-state index is 0.0101. The SMILES string of the molecule is CCCCCCCCC/C=C/C(O)C(CO)NC(=O)CCCCCCCCC/C=C\C/C=C\CCCCCCCCCCCOC(=O)CCCCCCCCCCCCCCCCCCC. The summed E-state index contributed by atoms with van der Waals surface area (Å²) in [6.45, 7) is 4.88. The fourth-order valence-electron chi connectivity index (χ4n) is 8.90. The van der Waals surface area contributed by atoms with E-state index >= 15 is 0 Å². The molecule has 0 aromatic carbocycles. The number of unbranched alkanes of at least 4 members (excludes halogenated alkanes) is 39. The molecular weight excluding hydrogens is 815 g/mol. The summed E-state index contributed by atoms with van der Waals surface area (Å²) in [5.41, 5.74) is 0. The highest BCUT2D eigenvalue weighted by atomic mass is 16.5. The lowest BCUT2D eigenvalue weighted by Crippen LogP contribution is -2.45. The Morgan fingerprint density at radius 2 is 0.758 bits per heavy atom. The first-order valence-electron chi connectivity index (χ1n) is 29.3. The summed E-state index contributed by atoms with van der Waals surface area (Å²) in [6.07, 6.45) is 69.0. The quantitative estimate of drug-likeness (QED) is 0.0321. The number of rotatable bonds is 54. The van der Waals surface area contributed by atoms with Crippen LogP contribution in [-0.4, -0.2) is 47.4 Å². The van der Waals surface area contributed by atoms with Gasteiger partial charge in [-0.15, -0.1) is 0 Å². The molecule has 0 rings (SSSR count). The van der Waals surface area contributed by atoms with Crippen LogP contribution in [0.4, 0.5) is 0 Å². The Labute approximate surface area is 411 Å². The van der Waals surface area contributed by atoms with Crippen molar-refractivity contribution < 1.29 is 24.5 Å². The topological polar surface area (TPSA) is 95.9 Å². The summed E-state index contributed by atoms with van der Waals surface area (Å²) >= 11 is 0. The number of allylic oxidation sites excluding steroid dienone is 5. The van der Waals surface area contributed by atoms with Crippen molar-refractivity contribution in [1.29, 1.82) is 0 Å². The van der Waals surface area contributed by atoms with Crippen molar-refractivity contribution in [2.24, 2.45) is 0 Å². The highest BCUT2D eigenvalue weighted by molar-refractivity contribution is 5.76. The zero-order chi connectivity index (χ0) is 47.9. The van der Waals surface area contributed by atoms with Gasteiger partial charge in [-0.1, -0.05) is 269 Å². The molecule has 0 spiro atoms. The molecule has 6 nitrogen and oxygen atoms in total. The van der Waals surface area contributed by atoms with Crippen LogP contribution >= 0.6 is 0 Å². The van der Waals surface area contributed by atoms with Crippen LogP contribution < -0.4 is 5.32 Å². The van der Waals surface area contributed by atoms with E-state index in [2.05, 4.69) is 43.5 Å². The average Bonchev–Trinajstić information content (AvgIpc) is 3.32. The Morgan fingerprint density at radius 3 is 1.15 bits per heavy atom. The standard InChI is InChI=1S/C60H113NO5/c1-3-5-7-9-11-13-14-15-16-24-28-31-34-38-42-46-50-54-60(65)66-55-51-47-43-39-35-32-29-26-23-21-19-17-18-20-22-25-27-30-33-37-41-45-49-53-59(64)61-57(56-62)58(63)52-48-44-40-36-12-10-8-6-4-2/h17,19-20,22,48,52,57-58,62-63H,3-16,18,21,23-47,49-51,53-56H2,1-2H3,(H,61,64)/b19-17-,22-20-,52-48+. The van der Waals surface area contributed by atoms with Gasteiger partial charge in [0.25, 0.3) is 0 Å². The van der Waals surface area contributed by atoms with E-state index in [0.717, 1.165) is 57.8 Å². The number of hydrogen-bond donors (Lipinski definition) is 3. The highest BCUT2D eigenvalue weighted by Crippen LogP contribution is 2.16. The van der Waals surface area contributed by atoms with Crippen molar-refractivity contribution in [3.63, 3.8) is 0 Å². The molecule has 2 unspecified atom stereocenters. The fourth-order valence-corrected chi connectivity index (χ4v) is 8.90. The molecule has 3 N–H and O–H groups in total. The Balaban J connectivity index is 3.42. The molecule has 0 fully saturated rings. The lowest BCUT2D eigenvalue weighted by atomic mass is 10.0. The molecule has 0 heterocycles. The maximum Gasteiger partial charge on any atom is 0.305 e. The van der Waals surface area contributed by atoms with E-state index < -0.39 is 12.1 Å². The monoisotopic (exact) mass is 928 g/mol. The van der Waals surface area contributed by atoms with Gasteiger partial charge in [-0.2, -0.15) is 0 Å². The van der Waals surface area contributed by atoms with Crippen molar-refractivity contribution in [2.45, 2.75) is 321 Å². The van der Waals surface area contributed by atoms with Gasteiger partial charge in [-0.05, 0) is 64.2 Å². The molecule has 2 atom stereocenters. The van der Waals surface area contributed by atoms with Crippen LogP contribution in [0.3, 0.4) is 0 Å². The second kappa shape index (κ2) is 55.7. The Bertz CT molecular complexity index is 1070. The summed E-state index contributed by atoms with van der Waals surface area (Å²) in [5.74, 6) is -0.0712. The first kappa shape index (κ1) is 64.1. The van der Waals surface area contributed by atoms with E-state index in [-0.39, 0.29) is 18.5 Å².